The summed E-state index contributed by atoms with van der Waals surface area (Å²) in [5, 5.41) is 9.18. The molecule has 2 rings (SSSR count). The Kier molecular flexibility index (Phi) is 4.19. The molecule has 1 unspecified atom stereocenters. The fraction of sp³-hybridized carbons (Fsp3) is 0.462. The van der Waals surface area contributed by atoms with Crippen molar-refractivity contribution in [3.8, 4) is 0 Å². The van der Waals surface area contributed by atoms with E-state index < -0.39 is 12.0 Å². The Balaban J connectivity index is 2.20. The highest BCUT2D eigenvalue weighted by molar-refractivity contribution is 5.93. The minimum Gasteiger partial charge on any atom is -0.480 e. The molecule has 1 aromatic rings. The third-order valence-corrected chi connectivity index (χ3v) is 3.11. The highest BCUT2D eigenvalue weighted by Crippen LogP contribution is 2.18. The van der Waals surface area contributed by atoms with Crippen molar-refractivity contribution >= 4 is 17.7 Å². The van der Waals surface area contributed by atoms with E-state index in [1.807, 2.05) is 0 Å². The molecule has 0 saturated carbocycles. The van der Waals surface area contributed by atoms with Crippen molar-refractivity contribution in [2.24, 2.45) is 0 Å². The lowest BCUT2D eigenvalue weighted by Gasteiger charge is -2.33. The lowest BCUT2D eigenvalue weighted by molar-refractivity contribution is -0.141. The number of rotatable bonds is 3. The highest BCUT2D eigenvalue weighted by Gasteiger charge is 2.30. The maximum Gasteiger partial charge on any atom is 0.328 e. The van der Waals surface area contributed by atoms with Crippen LogP contribution in [0.15, 0.2) is 18.3 Å². The molecule has 108 valence electrons. The molecule has 0 radical (unpaired) electrons. The van der Waals surface area contributed by atoms with E-state index in [0.29, 0.717) is 24.5 Å². The van der Waals surface area contributed by atoms with Gasteiger partial charge in [0.1, 0.15) is 5.82 Å². The van der Waals surface area contributed by atoms with Gasteiger partial charge in [0, 0.05) is 26.8 Å². The van der Waals surface area contributed by atoms with Gasteiger partial charge < -0.3 is 19.6 Å². The highest BCUT2D eigenvalue weighted by atomic mass is 16.5. The zero-order chi connectivity index (χ0) is 14.7. The SMILES string of the molecule is CN(C)C(=O)c1ccc(N2CCOCC2C(=O)O)nc1. The molecular formula is C13H17N3O4. The van der Waals surface area contributed by atoms with E-state index >= 15 is 0 Å². The lowest BCUT2D eigenvalue weighted by atomic mass is 10.2. The lowest BCUT2D eigenvalue weighted by Crippen LogP contribution is -2.50. The molecule has 0 spiro atoms. The minimum atomic E-state index is -0.944. The Morgan fingerprint density at radius 3 is 2.75 bits per heavy atom. The molecule has 1 fully saturated rings. The number of morpholine rings is 1. The third-order valence-electron chi connectivity index (χ3n) is 3.11. The van der Waals surface area contributed by atoms with Gasteiger partial charge in [-0.2, -0.15) is 0 Å². The molecule has 1 aliphatic rings. The van der Waals surface area contributed by atoms with Crippen LogP contribution in [0.4, 0.5) is 5.82 Å². The molecule has 1 aromatic heterocycles. The van der Waals surface area contributed by atoms with Crippen LogP contribution in [0, 0.1) is 0 Å². The summed E-state index contributed by atoms with van der Waals surface area (Å²) < 4.78 is 5.18. The molecule has 0 aliphatic carbocycles. The average Bonchev–Trinajstić information content (AvgIpc) is 2.46. The van der Waals surface area contributed by atoms with E-state index in [-0.39, 0.29) is 12.5 Å². The smallest absolute Gasteiger partial charge is 0.328 e. The summed E-state index contributed by atoms with van der Waals surface area (Å²) in [6.45, 7) is 1.06. The molecule has 7 heteroatoms. The number of carboxylic acid groups (broad SMARTS) is 1. The summed E-state index contributed by atoms with van der Waals surface area (Å²) >= 11 is 0. The number of carbonyl (C=O) groups excluding carboxylic acids is 1. The van der Waals surface area contributed by atoms with E-state index in [0.717, 1.165) is 0 Å². The van der Waals surface area contributed by atoms with Gasteiger partial charge in [-0.05, 0) is 12.1 Å². The Morgan fingerprint density at radius 1 is 1.45 bits per heavy atom. The van der Waals surface area contributed by atoms with E-state index in [4.69, 9.17) is 4.74 Å². The van der Waals surface area contributed by atoms with Gasteiger partial charge in [0.15, 0.2) is 6.04 Å². The molecule has 0 bridgehead atoms. The van der Waals surface area contributed by atoms with Gasteiger partial charge in [0.05, 0.1) is 18.8 Å². The number of anilines is 1. The molecular weight excluding hydrogens is 262 g/mol. The molecule has 1 saturated heterocycles. The van der Waals surface area contributed by atoms with Gasteiger partial charge in [-0.15, -0.1) is 0 Å². The number of amides is 1. The molecule has 1 amide bonds. The second-order valence-electron chi connectivity index (χ2n) is 4.73. The van der Waals surface area contributed by atoms with Crippen molar-refractivity contribution in [3.05, 3.63) is 23.9 Å². The van der Waals surface area contributed by atoms with Gasteiger partial charge in [-0.1, -0.05) is 0 Å². The van der Waals surface area contributed by atoms with Gasteiger partial charge in [-0.25, -0.2) is 9.78 Å². The Bertz CT molecular complexity index is 501. The van der Waals surface area contributed by atoms with Crippen LogP contribution in [0.25, 0.3) is 0 Å². The number of pyridine rings is 1. The normalized spacial score (nSPS) is 18.7. The van der Waals surface area contributed by atoms with Crippen molar-refractivity contribution in [2.75, 3.05) is 38.8 Å². The second kappa shape index (κ2) is 5.87. The van der Waals surface area contributed by atoms with Crippen LogP contribution in [-0.4, -0.2) is 66.8 Å². The molecule has 2 heterocycles. The number of aliphatic carboxylic acids is 1. The van der Waals surface area contributed by atoms with E-state index in [2.05, 4.69) is 4.98 Å². The van der Waals surface area contributed by atoms with Crippen LogP contribution >= 0.6 is 0 Å². The first-order chi connectivity index (χ1) is 9.50. The molecule has 7 nitrogen and oxygen atoms in total. The van der Waals surface area contributed by atoms with Crippen LogP contribution < -0.4 is 4.90 Å². The maximum atomic E-state index is 11.8. The molecule has 1 N–H and O–H groups in total. The molecule has 0 aromatic carbocycles. The number of ether oxygens (including phenoxy) is 1. The summed E-state index contributed by atoms with van der Waals surface area (Å²) in [5.41, 5.74) is 0.471. The monoisotopic (exact) mass is 279 g/mol. The zero-order valence-corrected chi connectivity index (χ0v) is 11.4. The minimum absolute atomic E-state index is 0.134. The van der Waals surface area contributed by atoms with Crippen LogP contribution in [0.3, 0.4) is 0 Å². The number of hydrogen-bond acceptors (Lipinski definition) is 5. The van der Waals surface area contributed by atoms with Crippen molar-refractivity contribution in [1.82, 2.24) is 9.88 Å². The Labute approximate surface area is 116 Å². The predicted octanol–water partition coefficient (Wildman–Crippen LogP) is 0.0732. The number of aromatic nitrogens is 1. The Hall–Kier alpha value is -2.15. The summed E-state index contributed by atoms with van der Waals surface area (Å²) in [6, 6.07) is 2.57. The van der Waals surface area contributed by atoms with Gasteiger partial charge in [-0.3, -0.25) is 4.79 Å². The summed E-state index contributed by atoms with van der Waals surface area (Å²) in [4.78, 5) is 30.3. The van der Waals surface area contributed by atoms with Crippen LogP contribution in [-0.2, 0) is 9.53 Å². The molecule has 1 atom stereocenters. The molecule has 1 aliphatic heterocycles. The van der Waals surface area contributed by atoms with E-state index in [1.54, 1.807) is 31.1 Å². The van der Waals surface area contributed by atoms with Crippen molar-refractivity contribution in [3.63, 3.8) is 0 Å². The van der Waals surface area contributed by atoms with Crippen LogP contribution in [0.5, 0.6) is 0 Å². The molecule has 20 heavy (non-hydrogen) atoms. The quantitative estimate of drug-likeness (QED) is 0.843. The predicted molar refractivity (Wildman–Crippen MR) is 71.8 cm³/mol. The number of carboxylic acids is 1. The standard InChI is InChI=1S/C13H17N3O4/c1-15(2)12(17)9-3-4-11(14-7-9)16-5-6-20-8-10(16)13(18)19/h3-4,7,10H,5-6,8H2,1-2H3,(H,18,19). The largest absolute Gasteiger partial charge is 0.480 e. The third kappa shape index (κ3) is 2.88. The zero-order valence-electron chi connectivity index (χ0n) is 11.4. The topological polar surface area (TPSA) is 83.0 Å². The van der Waals surface area contributed by atoms with Crippen molar-refractivity contribution < 1.29 is 19.4 Å². The fourth-order valence-corrected chi connectivity index (χ4v) is 2.02. The summed E-state index contributed by atoms with van der Waals surface area (Å²) in [5.74, 6) is -0.545. The van der Waals surface area contributed by atoms with E-state index in [1.165, 1.54) is 11.1 Å². The first-order valence-corrected chi connectivity index (χ1v) is 6.25. The van der Waals surface area contributed by atoms with Crippen LogP contribution in [0.2, 0.25) is 0 Å². The number of hydrogen-bond donors (Lipinski definition) is 1. The number of carbonyl (C=O) groups is 2. The first kappa shape index (κ1) is 14.3. The average molecular weight is 279 g/mol. The first-order valence-electron chi connectivity index (χ1n) is 6.25. The van der Waals surface area contributed by atoms with Crippen molar-refractivity contribution in [1.29, 1.82) is 0 Å². The second-order valence-corrected chi connectivity index (χ2v) is 4.73. The summed E-state index contributed by atoms with van der Waals surface area (Å²) in [6.07, 6.45) is 1.46. The fourth-order valence-electron chi connectivity index (χ4n) is 2.02. The Morgan fingerprint density at radius 2 is 2.20 bits per heavy atom. The number of nitrogens with zero attached hydrogens (tertiary/aromatic N) is 3. The van der Waals surface area contributed by atoms with Crippen molar-refractivity contribution in [2.45, 2.75) is 6.04 Å². The van der Waals surface area contributed by atoms with E-state index in [9.17, 15) is 14.7 Å². The van der Waals surface area contributed by atoms with Gasteiger partial charge in [0.2, 0.25) is 0 Å². The van der Waals surface area contributed by atoms with Crippen LogP contribution in [0.1, 0.15) is 10.4 Å². The summed E-state index contributed by atoms with van der Waals surface area (Å²) in [7, 11) is 3.33. The maximum absolute atomic E-state index is 11.8. The van der Waals surface area contributed by atoms with Gasteiger partial charge in [0.25, 0.3) is 5.91 Å². The van der Waals surface area contributed by atoms with Gasteiger partial charge >= 0.3 is 5.97 Å².